The minimum atomic E-state index is -4.51. The van der Waals surface area contributed by atoms with E-state index >= 15 is 0 Å². The van der Waals surface area contributed by atoms with Crippen LogP contribution in [0.2, 0.25) is 0 Å². The highest BCUT2D eigenvalue weighted by Gasteiger charge is 2.30. The van der Waals surface area contributed by atoms with Gasteiger partial charge in [-0.2, -0.15) is 13.2 Å². The van der Waals surface area contributed by atoms with Gasteiger partial charge in [-0.3, -0.25) is 9.59 Å². The number of hydrogen-bond acceptors (Lipinski definition) is 3. The van der Waals surface area contributed by atoms with Crippen molar-refractivity contribution < 1.29 is 22.8 Å². The molecule has 8 heteroatoms. The molecule has 0 aliphatic carbocycles. The van der Waals surface area contributed by atoms with E-state index in [0.717, 1.165) is 5.56 Å². The second kappa shape index (κ2) is 7.96. The topological polar surface area (TPSA) is 58.2 Å². The van der Waals surface area contributed by atoms with E-state index in [-0.39, 0.29) is 6.42 Å². The first-order valence-corrected chi connectivity index (χ1v) is 7.96. The quantitative estimate of drug-likeness (QED) is 0.836. The van der Waals surface area contributed by atoms with Crippen LogP contribution in [0.15, 0.2) is 47.8 Å². The van der Waals surface area contributed by atoms with Gasteiger partial charge in [-0.05, 0) is 17.0 Å². The molecule has 0 bridgehead atoms. The molecule has 2 aromatic rings. The normalized spacial score (nSPS) is 12.5. The van der Waals surface area contributed by atoms with Gasteiger partial charge in [-0.15, -0.1) is 11.3 Å². The maximum atomic E-state index is 12.3. The molecule has 0 aliphatic heterocycles. The Morgan fingerprint density at radius 1 is 1.08 bits per heavy atom. The average molecular weight is 356 g/mol. The summed E-state index contributed by atoms with van der Waals surface area (Å²) >= 11 is 1.18. The molecule has 0 saturated carbocycles. The van der Waals surface area contributed by atoms with Gasteiger partial charge in [-0.25, -0.2) is 0 Å². The van der Waals surface area contributed by atoms with Crippen LogP contribution in [0.1, 0.15) is 15.2 Å². The highest BCUT2D eigenvalue weighted by Crippen LogP contribution is 2.13. The molecule has 1 aromatic heterocycles. The fraction of sp³-hybridized carbons (Fsp3) is 0.250. The summed E-state index contributed by atoms with van der Waals surface area (Å²) in [6.45, 7) is -1.44. The molecule has 2 rings (SSSR count). The Labute approximate surface area is 140 Å². The predicted octanol–water partition coefficient (Wildman–Crippen LogP) is 2.77. The van der Waals surface area contributed by atoms with Crippen LogP contribution in [-0.2, 0) is 11.2 Å². The highest BCUT2D eigenvalue weighted by atomic mass is 32.1. The van der Waals surface area contributed by atoms with Crippen LogP contribution in [0.5, 0.6) is 0 Å². The van der Waals surface area contributed by atoms with Gasteiger partial charge in [0.15, 0.2) is 0 Å². The maximum Gasteiger partial charge on any atom is 0.405 e. The number of thiophene rings is 1. The summed E-state index contributed by atoms with van der Waals surface area (Å²) in [5.74, 6) is -1.37. The molecule has 0 saturated heterocycles. The monoisotopic (exact) mass is 356 g/mol. The molecule has 1 heterocycles. The van der Waals surface area contributed by atoms with E-state index in [1.165, 1.54) is 11.3 Å². The average Bonchev–Trinajstić information content (AvgIpc) is 3.07. The van der Waals surface area contributed by atoms with Crippen LogP contribution < -0.4 is 10.6 Å². The van der Waals surface area contributed by atoms with Gasteiger partial charge in [0, 0.05) is 6.42 Å². The lowest BCUT2D eigenvalue weighted by Gasteiger charge is -2.19. The maximum absolute atomic E-state index is 12.3. The molecule has 0 spiro atoms. The lowest BCUT2D eigenvalue weighted by molar-refractivity contribution is -0.139. The van der Waals surface area contributed by atoms with E-state index < -0.39 is 30.6 Å². The van der Waals surface area contributed by atoms with Crippen molar-refractivity contribution in [3.8, 4) is 0 Å². The molecule has 0 radical (unpaired) electrons. The Hall–Kier alpha value is -2.35. The first-order valence-electron chi connectivity index (χ1n) is 7.08. The SMILES string of the molecule is O=C(NC(Cc1ccccc1)C(=O)NCC(F)(F)F)c1cccs1. The Morgan fingerprint density at radius 2 is 1.79 bits per heavy atom. The lowest BCUT2D eigenvalue weighted by atomic mass is 10.1. The first kappa shape index (κ1) is 18.0. The second-order valence-electron chi connectivity index (χ2n) is 5.03. The molecule has 1 atom stereocenters. The fourth-order valence-corrected chi connectivity index (χ4v) is 2.63. The molecule has 4 nitrogen and oxygen atoms in total. The largest absolute Gasteiger partial charge is 0.405 e. The zero-order chi connectivity index (χ0) is 17.6. The Bertz CT molecular complexity index is 672. The summed E-state index contributed by atoms with van der Waals surface area (Å²) in [4.78, 5) is 24.6. The van der Waals surface area contributed by atoms with Gasteiger partial charge in [0.25, 0.3) is 5.91 Å². The zero-order valence-corrected chi connectivity index (χ0v) is 13.3. The molecule has 1 aromatic carbocycles. The molecule has 1 unspecified atom stereocenters. The number of rotatable bonds is 6. The van der Waals surface area contributed by atoms with E-state index in [1.54, 1.807) is 47.8 Å². The third-order valence-corrected chi connectivity index (χ3v) is 3.98. The summed E-state index contributed by atoms with van der Waals surface area (Å²) in [7, 11) is 0. The molecule has 24 heavy (non-hydrogen) atoms. The first-order chi connectivity index (χ1) is 11.3. The minimum Gasteiger partial charge on any atom is -0.345 e. The number of carbonyl (C=O) groups is 2. The van der Waals surface area contributed by atoms with Gasteiger partial charge in [0.2, 0.25) is 5.91 Å². The third-order valence-electron chi connectivity index (χ3n) is 3.11. The van der Waals surface area contributed by atoms with Crippen molar-refractivity contribution in [3.05, 3.63) is 58.3 Å². The summed E-state index contributed by atoms with van der Waals surface area (Å²) < 4.78 is 36.9. The number of alkyl halides is 3. The number of nitrogens with one attached hydrogen (secondary N) is 2. The molecular formula is C16H15F3N2O2S. The summed E-state index contributed by atoms with van der Waals surface area (Å²) in [5.41, 5.74) is 0.733. The zero-order valence-electron chi connectivity index (χ0n) is 12.5. The highest BCUT2D eigenvalue weighted by molar-refractivity contribution is 7.12. The van der Waals surface area contributed by atoms with Crippen molar-refractivity contribution in [2.24, 2.45) is 0 Å². The van der Waals surface area contributed by atoms with Crippen molar-refractivity contribution in [1.29, 1.82) is 0 Å². The second-order valence-corrected chi connectivity index (χ2v) is 5.97. The smallest absolute Gasteiger partial charge is 0.345 e. The number of amides is 2. The van der Waals surface area contributed by atoms with Gasteiger partial charge < -0.3 is 10.6 Å². The Balaban J connectivity index is 2.08. The van der Waals surface area contributed by atoms with E-state index in [2.05, 4.69) is 5.32 Å². The number of halogens is 3. The molecule has 2 amide bonds. The molecule has 0 aliphatic rings. The van der Waals surface area contributed by atoms with Crippen molar-refractivity contribution in [3.63, 3.8) is 0 Å². The number of carbonyl (C=O) groups excluding carboxylic acids is 2. The van der Waals surface area contributed by atoms with Gasteiger partial charge in [0.05, 0.1) is 4.88 Å². The summed E-state index contributed by atoms with van der Waals surface area (Å²) in [5, 5.41) is 6.01. The predicted molar refractivity (Wildman–Crippen MR) is 84.8 cm³/mol. The van der Waals surface area contributed by atoms with E-state index in [0.29, 0.717) is 4.88 Å². The Kier molecular flexibility index (Phi) is 5.97. The van der Waals surface area contributed by atoms with E-state index in [1.807, 2.05) is 5.32 Å². The summed E-state index contributed by atoms with van der Waals surface area (Å²) in [6.07, 6.45) is -4.41. The Morgan fingerprint density at radius 3 is 2.38 bits per heavy atom. The molecular weight excluding hydrogens is 341 g/mol. The van der Waals surface area contributed by atoms with Crippen molar-refractivity contribution >= 4 is 23.2 Å². The minimum absolute atomic E-state index is 0.0989. The van der Waals surface area contributed by atoms with Crippen molar-refractivity contribution in [1.82, 2.24) is 10.6 Å². The van der Waals surface area contributed by atoms with Crippen molar-refractivity contribution in [2.75, 3.05) is 6.54 Å². The number of benzene rings is 1. The van der Waals surface area contributed by atoms with Crippen LogP contribution in [0, 0.1) is 0 Å². The van der Waals surface area contributed by atoms with Crippen molar-refractivity contribution in [2.45, 2.75) is 18.6 Å². The van der Waals surface area contributed by atoms with Gasteiger partial charge in [-0.1, -0.05) is 36.4 Å². The van der Waals surface area contributed by atoms with E-state index in [4.69, 9.17) is 0 Å². The van der Waals surface area contributed by atoms with Crippen LogP contribution in [0.3, 0.4) is 0 Å². The van der Waals surface area contributed by atoms with Crippen LogP contribution in [0.4, 0.5) is 13.2 Å². The molecule has 128 valence electrons. The van der Waals surface area contributed by atoms with Crippen LogP contribution >= 0.6 is 11.3 Å². The molecule has 2 N–H and O–H groups in total. The molecule has 0 fully saturated rings. The third kappa shape index (κ3) is 5.69. The standard InChI is InChI=1S/C16H15F3N2O2S/c17-16(18,19)10-20-14(22)12(9-11-5-2-1-3-6-11)21-15(23)13-7-4-8-24-13/h1-8,12H,9-10H2,(H,20,22)(H,21,23). The lowest BCUT2D eigenvalue weighted by Crippen LogP contribution is -2.49. The van der Waals surface area contributed by atoms with E-state index in [9.17, 15) is 22.8 Å². The fourth-order valence-electron chi connectivity index (χ4n) is 2.01. The van der Waals surface area contributed by atoms with Crippen LogP contribution in [0.25, 0.3) is 0 Å². The summed E-state index contributed by atoms with van der Waals surface area (Å²) in [6, 6.07) is 10.9. The van der Waals surface area contributed by atoms with Gasteiger partial charge >= 0.3 is 6.18 Å². The van der Waals surface area contributed by atoms with Gasteiger partial charge in [0.1, 0.15) is 12.6 Å². The van der Waals surface area contributed by atoms with Crippen LogP contribution in [-0.4, -0.2) is 30.6 Å². The number of hydrogen-bond donors (Lipinski definition) is 2.